The number of hydrogen-bond acceptors (Lipinski definition) is 0. The van der Waals surface area contributed by atoms with Crippen LogP contribution in [0.5, 0.6) is 0 Å². The molecule has 1 nitrogen and oxygen atoms in total. The second-order valence-corrected chi connectivity index (χ2v) is 4.26. The molecule has 0 amide bonds. The molecule has 3 aromatic rings. The SMILES string of the molecule is Cc1cccc(-c2cc3cccc(F)c3[nH]2)c1. The number of para-hydroxylation sites is 1. The summed E-state index contributed by atoms with van der Waals surface area (Å²) >= 11 is 0. The maximum atomic E-state index is 13.6. The predicted octanol–water partition coefficient (Wildman–Crippen LogP) is 4.28. The summed E-state index contributed by atoms with van der Waals surface area (Å²) in [6.07, 6.45) is 0. The number of aromatic amines is 1. The maximum absolute atomic E-state index is 13.6. The molecule has 0 aliphatic heterocycles. The third kappa shape index (κ3) is 1.72. The number of halogens is 1. The quantitative estimate of drug-likeness (QED) is 0.636. The van der Waals surface area contributed by atoms with Gasteiger partial charge in [-0.25, -0.2) is 4.39 Å². The molecule has 2 heteroatoms. The molecule has 3 rings (SSSR count). The molecule has 0 saturated carbocycles. The van der Waals surface area contributed by atoms with Gasteiger partial charge in [0.2, 0.25) is 0 Å². The lowest BCUT2D eigenvalue weighted by Crippen LogP contribution is -1.79. The molecule has 0 radical (unpaired) electrons. The van der Waals surface area contributed by atoms with E-state index in [-0.39, 0.29) is 5.82 Å². The molecule has 0 aliphatic carbocycles. The van der Waals surface area contributed by atoms with Crippen LogP contribution in [0.2, 0.25) is 0 Å². The molecular formula is C15H12FN. The Kier molecular flexibility index (Phi) is 2.22. The first-order chi connectivity index (χ1) is 8.24. The number of nitrogens with one attached hydrogen (secondary N) is 1. The maximum Gasteiger partial charge on any atom is 0.147 e. The van der Waals surface area contributed by atoms with E-state index in [1.807, 2.05) is 37.3 Å². The molecule has 0 saturated heterocycles. The molecule has 0 spiro atoms. The summed E-state index contributed by atoms with van der Waals surface area (Å²) in [7, 11) is 0. The van der Waals surface area contributed by atoms with Crippen molar-refractivity contribution >= 4 is 10.9 Å². The van der Waals surface area contributed by atoms with Crippen LogP contribution < -0.4 is 0 Å². The van der Waals surface area contributed by atoms with Gasteiger partial charge in [0.1, 0.15) is 5.82 Å². The van der Waals surface area contributed by atoms with E-state index in [4.69, 9.17) is 0 Å². The van der Waals surface area contributed by atoms with E-state index in [1.165, 1.54) is 11.6 Å². The van der Waals surface area contributed by atoms with Gasteiger partial charge in [0, 0.05) is 11.1 Å². The van der Waals surface area contributed by atoms with Crippen LogP contribution in [0.15, 0.2) is 48.5 Å². The Balaban J connectivity index is 2.22. The average molecular weight is 225 g/mol. The van der Waals surface area contributed by atoms with E-state index >= 15 is 0 Å². The van der Waals surface area contributed by atoms with Gasteiger partial charge in [-0.1, -0.05) is 35.9 Å². The van der Waals surface area contributed by atoms with Crippen LogP contribution in [0.1, 0.15) is 5.56 Å². The number of aromatic nitrogens is 1. The minimum absolute atomic E-state index is 0.207. The van der Waals surface area contributed by atoms with E-state index in [1.54, 1.807) is 6.07 Å². The number of H-pyrrole nitrogens is 1. The highest BCUT2D eigenvalue weighted by atomic mass is 19.1. The molecule has 1 heterocycles. The number of hydrogen-bond donors (Lipinski definition) is 1. The van der Waals surface area contributed by atoms with Gasteiger partial charge in [-0.15, -0.1) is 0 Å². The van der Waals surface area contributed by atoms with Gasteiger partial charge in [-0.2, -0.15) is 0 Å². The largest absolute Gasteiger partial charge is 0.352 e. The molecule has 0 fully saturated rings. The molecule has 0 atom stereocenters. The molecular weight excluding hydrogens is 213 g/mol. The van der Waals surface area contributed by atoms with Crippen LogP contribution in [-0.4, -0.2) is 4.98 Å². The zero-order valence-electron chi connectivity index (χ0n) is 9.50. The fraction of sp³-hybridized carbons (Fsp3) is 0.0667. The highest BCUT2D eigenvalue weighted by Crippen LogP contribution is 2.25. The van der Waals surface area contributed by atoms with Crippen molar-refractivity contribution in [3.05, 3.63) is 59.9 Å². The van der Waals surface area contributed by atoms with Crippen LogP contribution in [0.4, 0.5) is 4.39 Å². The zero-order chi connectivity index (χ0) is 11.8. The first-order valence-corrected chi connectivity index (χ1v) is 5.58. The Morgan fingerprint density at radius 1 is 1.00 bits per heavy atom. The third-order valence-corrected chi connectivity index (χ3v) is 2.93. The second-order valence-electron chi connectivity index (χ2n) is 4.26. The van der Waals surface area contributed by atoms with Crippen molar-refractivity contribution in [2.24, 2.45) is 0 Å². The summed E-state index contributed by atoms with van der Waals surface area (Å²) in [5, 5.41) is 0.904. The second kappa shape index (κ2) is 3.74. The van der Waals surface area contributed by atoms with Crippen LogP contribution in [0.3, 0.4) is 0 Å². The fourth-order valence-corrected chi connectivity index (χ4v) is 2.09. The van der Waals surface area contributed by atoms with E-state index in [2.05, 4.69) is 11.1 Å². The van der Waals surface area contributed by atoms with E-state index in [0.29, 0.717) is 5.52 Å². The standard InChI is InChI=1S/C15H12FN/c1-10-4-2-5-11(8-10)14-9-12-6-3-7-13(16)15(12)17-14/h2-9,17H,1H3. The lowest BCUT2D eigenvalue weighted by molar-refractivity contribution is 0.637. The molecule has 1 aromatic heterocycles. The monoisotopic (exact) mass is 225 g/mol. The molecule has 17 heavy (non-hydrogen) atoms. The van der Waals surface area contributed by atoms with Crippen molar-refractivity contribution in [1.82, 2.24) is 4.98 Å². The van der Waals surface area contributed by atoms with E-state index in [9.17, 15) is 4.39 Å². The predicted molar refractivity (Wildman–Crippen MR) is 68.4 cm³/mol. The van der Waals surface area contributed by atoms with Crippen LogP contribution in [0, 0.1) is 12.7 Å². The third-order valence-electron chi connectivity index (χ3n) is 2.93. The molecule has 1 N–H and O–H groups in total. The van der Waals surface area contributed by atoms with Crippen molar-refractivity contribution in [3.63, 3.8) is 0 Å². The van der Waals surface area contributed by atoms with Crippen molar-refractivity contribution < 1.29 is 4.39 Å². The molecule has 2 aromatic carbocycles. The number of fused-ring (bicyclic) bond motifs is 1. The zero-order valence-corrected chi connectivity index (χ0v) is 9.50. The summed E-state index contributed by atoms with van der Waals surface area (Å²) in [6.45, 7) is 2.05. The fourth-order valence-electron chi connectivity index (χ4n) is 2.09. The minimum Gasteiger partial charge on any atom is -0.352 e. The Hall–Kier alpha value is -2.09. The number of aryl methyl sites for hydroxylation is 1. The molecule has 0 bridgehead atoms. The summed E-state index contributed by atoms with van der Waals surface area (Å²) in [5.41, 5.74) is 3.81. The summed E-state index contributed by atoms with van der Waals surface area (Å²) in [4.78, 5) is 3.13. The van der Waals surface area contributed by atoms with Crippen LogP contribution in [-0.2, 0) is 0 Å². The Labute approximate surface area is 98.9 Å². The molecule has 84 valence electrons. The van der Waals surface area contributed by atoms with Gasteiger partial charge in [0.25, 0.3) is 0 Å². The van der Waals surface area contributed by atoms with Gasteiger partial charge < -0.3 is 4.98 Å². The summed E-state index contributed by atoms with van der Waals surface area (Å²) in [6, 6.07) is 15.3. The van der Waals surface area contributed by atoms with Gasteiger partial charge in [-0.05, 0) is 30.7 Å². The van der Waals surface area contributed by atoms with E-state index in [0.717, 1.165) is 16.6 Å². The average Bonchev–Trinajstić information content (AvgIpc) is 2.74. The Bertz CT molecular complexity index is 682. The van der Waals surface area contributed by atoms with Crippen molar-refractivity contribution in [2.75, 3.05) is 0 Å². The normalized spacial score (nSPS) is 10.9. The minimum atomic E-state index is -0.207. The van der Waals surface area contributed by atoms with Crippen LogP contribution in [0.25, 0.3) is 22.2 Å². The van der Waals surface area contributed by atoms with Gasteiger partial charge >= 0.3 is 0 Å². The Morgan fingerprint density at radius 3 is 2.59 bits per heavy atom. The first kappa shape index (κ1) is 10.1. The lowest BCUT2D eigenvalue weighted by atomic mass is 10.1. The molecule has 0 unspecified atom stereocenters. The smallest absolute Gasteiger partial charge is 0.147 e. The first-order valence-electron chi connectivity index (χ1n) is 5.58. The van der Waals surface area contributed by atoms with Gasteiger partial charge in [0.05, 0.1) is 5.52 Å². The van der Waals surface area contributed by atoms with E-state index < -0.39 is 0 Å². The highest BCUT2D eigenvalue weighted by molar-refractivity contribution is 5.86. The summed E-state index contributed by atoms with van der Waals surface area (Å²) in [5.74, 6) is -0.207. The van der Waals surface area contributed by atoms with Gasteiger partial charge in [0.15, 0.2) is 0 Å². The lowest BCUT2D eigenvalue weighted by Gasteiger charge is -1.98. The number of rotatable bonds is 1. The molecule has 0 aliphatic rings. The Morgan fingerprint density at radius 2 is 1.82 bits per heavy atom. The summed E-state index contributed by atoms with van der Waals surface area (Å²) < 4.78 is 13.6. The number of benzene rings is 2. The highest BCUT2D eigenvalue weighted by Gasteiger charge is 2.06. The topological polar surface area (TPSA) is 15.8 Å². The van der Waals surface area contributed by atoms with Crippen molar-refractivity contribution in [3.8, 4) is 11.3 Å². The van der Waals surface area contributed by atoms with Crippen molar-refractivity contribution in [1.29, 1.82) is 0 Å². The van der Waals surface area contributed by atoms with Crippen LogP contribution >= 0.6 is 0 Å². The van der Waals surface area contributed by atoms with Gasteiger partial charge in [-0.3, -0.25) is 0 Å². The van der Waals surface area contributed by atoms with Crippen molar-refractivity contribution in [2.45, 2.75) is 6.92 Å².